The number of nitrogens with two attached hydrogens (primary N) is 1. The molecular formula is C9H13N3OS2. The molecule has 1 rings (SSSR count). The molecule has 82 valence electrons. The monoisotopic (exact) mass is 243 g/mol. The van der Waals surface area contributed by atoms with Crippen LogP contribution in [-0.2, 0) is 0 Å². The van der Waals surface area contributed by atoms with Gasteiger partial charge in [-0.1, -0.05) is 12.2 Å². The predicted octanol–water partition coefficient (Wildman–Crippen LogP) is 1.20. The Kier molecular flexibility index (Phi) is 4.16. The van der Waals surface area contributed by atoms with Gasteiger partial charge in [0, 0.05) is 6.54 Å². The fourth-order valence-corrected chi connectivity index (χ4v) is 2.03. The molecule has 0 aliphatic heterocycles. The van der Waals surface area contributed by atoms with Gasteiger partial charge in [0.15, 0.2) is 0 Å². The molecular weight excluding hydrogens is 230 g/mol. The minimum Gasteiger partial charge on any atom is -0.392 e. The lowest BCUT2D eigenvalue weighted by atomic mass is 10.4. The molecule has 6 heteroatoms. The Morgan fingerprint density at radius 2 is 2.40 bits per heavy atom. The normalized spacial score (nSPS) is 10.0. The molecule has 0 aliphatic carbocycles. The lowest BCUT2D eigenvalue weighted by Gasteiger charge is -2.18. The van der Waals surface area contributed by atoms with Gasteiger partial charge in [-0.2, -0.15) is 0 Å². The Balaban J connectivity index is 2.77. The first-order valence-electron chi connectivity index (χ1n) is 4.54. The van der Waals surface area contributed by atoms with E-state index < -0.39 is 0 Å². The lowest BCUT2D eigenvalue weighted by molar-refractivity contribution is 0.0792. The number of hydrogen-bond donors (Lipinski definition) is 1. The molecule has 15 heavy (non-hydrogen) atoms. The van der Waals surface area contributed by atoms with Crippen molar-refractivity contribution in [2.24, 2.45) is 5.73 Å². The summed E-state index contributed by atoms with van der Waals surface area (Å²) < 4.78 is 0. The molecule has 0 unspecified atom stereocenters. The number of likely N-dealkylation sites (N-methyl/N-ethyl adjacent to an activating group) is 1. The summed E-state index contributed by atoms with van der Waals surface area (Å²) in [7, 11) is 0. The highest BCUT2D eigenvalue weighted by molar-refractivity contribution is 7.80. The molecule has 0 aromatic carbocycles. The Hall–Kier alpha value is -1.01. The SMILES string of the molecule is CCN(CC(N)=S)C(=O)c1cnc(C)s1. The number of aryl methyl sites for hydroxylation is 1. The number of amides is 1. The second-order valence-electron chi connectivity index (χ2n) is 3.03. The summed E-state index contributed by atoms with van der Waals surface area (Å²) in [5.41, 5.74) is 5.42. The summed E-state index contributed by atoms with van der Waals surface area (Å²) in [6, 6.07) is 0. The molecule has 2 N–H and O–H groups in total. The Labute approximate surface area is 98.1 Å². The summed E-state index contributed by atoms with van der Waals surface area (Å²) in [5, 5.41) is 0.879. The summed E-state index contributed by atoms with van der Waals surface area (Å²) in [6.07, 6.45) is 1.59. The molecule has 0 fully saturated rings. The van der Waals surface area contributed by atoms with Gasteiger partial charge in [-0.15, -0.1) is 11.3 Å². The van der Waals surface area contributed by atoms with Crippen LogP contribution in [0.25, 0.3) is 0 Å². The Morgan fingerprint density at radius 1 is 1.73 bits per heavy atom. The van der Waals surface area contributed by atoms with Crippen molar-refractivity contribution in [3.63, 3.8) is 0 Å². The average molecular weight is 243 g/mol. The van der Waals surface area contributed by atoms with Gasteiger partial charge in [-0.3, -0.25) is 4.79 Å². The fourth-order valence-electron chi connectivity index (χ4n) is 1.13. The van der Waals surface area contributed by atoms with Gasteiger partial charge in [0.2, 0.25) is 0 Å². The maximum Gasteiger partial charge on any atom is 0.265 e. The smallest absolute Gasteiger partial charge is 0.265 e. The number of rotatable bonds is 4. The lowest BCUT2D eigenvalue weighted by Crippen LogP contribution is -2.37. The third-order valence-corrected chi connectivity index (χ3v) is 2.88. The number of thiocarbonyl (C=S) groups is 1. The Morgan fingerprint density at radius 3 is 2.80 bits per heavy atom. The fraction of sp³-hybridized carbons (Fsp3) is 0.444. The maximum atomic E-state index is 11.9. The molecule has 0 spiro atoms. The second-order valence-corrected chi connectivity index (χ2v) is 4.79. The number of carbonyl (C=O) groups excluding carboxylic acids is 1. The van der Waals surface area contributed by atoms with Crippen LogP contribution in [-0.4, -0.2) is 33.9 Å². The topological polar surface area (TPSA) is 59.2 Å². The third kappa shape index (κ3) is 3.24. The molecule has 0 atom stereocenters. The zero-order valence-electron chi connectivity index (χ0n) is 8.69. The average Bonchev–Trinajstić information content (AvgIpc) is 2.60. The molecule has 1 heterocycles. The maximum absolute atomic E-state index is 11.9. The second kappa shape index (κ2) is 5.18. The van der Waals surface area contributed by atoms with E-state index in [4.69, 9.17) is 18.0 Å². The quantitative estimate of drug-likeness (QED) is 0.807. The van der Waals surface area contributed by atoms with Crippen molar-refractivity contribution < 1.29 is 4.79 Å². The van der Waals surface area contributed by atoms with Crippen LogP contribution in [0.3, 0.4) is 0 Å². The molecule has 0 radical (unpaired) electrons. The summed E-state index contributed by atoms with van der Waals surface area (Å²) in [5.74, 6) is -0.0594. The van der Waals surface area contributed by atoms with E-state index >= 15 is 0 Å². The van der Waals surface area contributed by atoms with Crippen molar-refractivity contribution in [1.29, 1.82) is 0 Å². The van der Waals surface area contributed by atoms with E-state index in [0.717, 1.165) is 5.01 Å². The van der Waals surface area contributed by atoms with Crippen LogP contribution in [0.4, 0.5) is 0 Å². The first-order chi connectivity index (χ1) is 7.04. The highest BCUT2D eigenvalue weighted by Gasteiger charge is 2.16. The molecule has 1 aromatic heterocycles. The van der Waals surface area contributed by atoms with Gasteiger partial charge in [-0.05, 0) is 13.8 Å². The third-order valence-electron chi connectivity index (χ3n) is 1.85. The van der Waals surface area contributed by atoms with Crippen molar-refractivity contribution >= 4 is 34.5 Å². The van der Waals surface area contributed by atoms with Crippen LogP contribution in [0, 0.1) is 6.92 Å². The van der Waals surface area contributed by atoms with Gasteiger partial charge in [0.25, 0.3) is 5.91 Å². The highest BCUT2D eigenvalue weighted by atomic mass is 32.1. The van der Waals surface area contributed by atoms with E-state index in [0.29, 0.717) is 23.0 Å². The summed E-state index contributed by atoms with van der Waals surface area (Å²) >= 11 is 6.16. The van der Waals surface area contributed by atoms with E-state index in [9.17, 15) is 4.79 Å². The zero-order valence-corrected chi connectivity index (χ0v) is 10.3. The van der Waals surface area contributed by atoms with Gasteiger partial charge >= 0.3 is 0 Å². The largest absolute Gasteiger partial charge is 0.392 e. The minimum atomic E-state index is -0.0594. The van der Waals surface area contributed by atoms with Crippen molar-refractivity contribution in [2.75, 3.05) is 13.1 Å². The van der Waals surface area contributed by atoms with Crippen LogP contribution in [0.1, 0.15) is 21.6 Å². The van der Waals surface area contributed by atoms with Crippen LogP contribution >= 0.6 is 23.6 Å². The zero-order chi connectivity index (χ0) is 11.4. The van der Waals surface area contributed by atoms with Crippen LogP contribution in [0.5, 0.6) is 0 Å². The van der Waals surface area contributed by atoms with Gasteiger partial charge in [0.1, 0.15) is 4.88 Å². The molecule has 4 nitrogen and oxygen atoms in total. The Bertz CT molecular complexity index is 375. The number of nitrogens with zero attached hydrogens (tertiary/aromatic N) is 2. The number of thiazole rings is 1. The number of carbonyl (C=O) groups is 1. The highest BCUT2D eigenvalue weighted by Crippen LogP contribution is 2.13. The van der Waals surface area contributed by atoms with Crippen molar-refractivity contribution in [3.05, 3.63) is 16.1 Å². The molecule has 0 saturated carbocycles. The molecule has 1 aromatic rings. The van der Waals surface area contributed by atoms with E-state index in [1.54, 1.807) is 11.1 Å². The predicted molar refractivity (Wildman–Crippen MR) is 65.2 cm³/mol. The summed E-state index contributed by atoms with van der Waals surface area (Å²) in [4.78, 5) is 18.5. The van der Waals surface area contributed by atoms with Gasteiger partial charge < -0.3 is 10.6 Å². The van der Waals surface area contributed by atoms with Gasteiger partial charge in [0.05, 0.1) is 22.7 Å². The number of aromatic nitrogens is 1. The first kappa shape index (κ1) is 12.1. The molecule has 0 aliphatic rings. The van der Waals surface area contributed by atoms with E-state index in [2.05, 4.69) is 4.98 Å². The minimum absolute atomic E-state index is 0.0594. The van der Waals surface area contributed by atoms with Gasteiger partial charge in [-0.25, -0.2) is 4.98 Å². The van der Waals surface area contributed by atoms with E-state index in [1.165, 1.54) is 11.3 Å². The van der Waals surface area contributed by atoms with Crippen molar-refractivity contribution in [1.82, 2.24) is 9.88 Å². The van der Waals surface area contributed by atoms with Crippen molar-refractivity contribution in [3.8, 4) is 0 Å². The number of hydrogen-bond acceptors (Lipinski definition) is 4. The molecule has 0 saturated heterocycles. The summed E-state index contributed by atoms with van der Waals surface area (Å²) in [6.45, 7) is 4.67. The van der Waals surface area contributed by atoms with Crippen LogP contribution < -0.4 is 5.73 Å². The van der Waals surface area contributed by atoms with E-state index in [1.807, 2.05) is 13.8 Å². The van der Waals surface area contributed by atoms with Crippen molar-refractivity contribution in [2.45, 2.75) is 13.8 Å². The first-order valence-corrected chi connectivity index (χ1v) is 5.77. The standard InChI is InChI=1S/C9H13N3OS2/c1-3-12(5-8(10)14)9(13)7-4-11-6(2)15-7/h4H,3,5H2,1-2H3,(H2,10,14). The molecule has 0 bridgehead atoms. The van der Waals surface area contributed by atoms with Crippen LogP contribution in [0.15, 0.2) is 6.20 Å². The molecule has 1 amide bonds. The van der Waals surface area contributed by atoms with E-state index in [-0.39, 0.29) is 5.91 Å². The van der Waals surface area contributed by atoms with Crippen LogP contribution in [0.2, 0.25) is 0 Å².